The zero-order chi connectivity index (χ0) is 17.8. The topological polar surface area (TPSA) is 42.0 Å². The molecule has 25 heavy (non-hydrogen) atoms. The second-order valence-electron chi connectivity index (χ2n) is 7.38. The van der Waals surface area contributed by atoms with Crippen LogP contribution in [0.4, 0.5) is 0 Å². The molecule has 2 saturated heterocycles. The molecule has 3 rings (SSSR count). The lowest BCUT2D eigenvalue weighted by Gasteiger charge is -2.38. The van der Waals surface area contributed by atoms with Crippen molar-refractivity contribution in [2.24, 2.45) is 0 Å². The van der Waals surface area contributed by atoms with Crippen LogP contribution in [-0.4, -0.2) is 67.2 Å². The van der Waals surface area contributed by atoms with Crippen LogP contribution in [0.1, 0.15) is 32.3 Å². The molecular weight excluding hydrogens is 316 g/mol. The fourth-order valence-electron chi connectivity index (χ4n) is 4.10. The molecule has 0 saturated carbocycles. The number of hydrogen-bond acceptors (Lipinski definition) is 4. The van der Waals surface area contributed by atoms with E-state index in [0.717, 1.165) is 50.3 Å². The van der Waals surface area contributed by atoms with Gasteiger partial charge in [-0.3, -0.25) is 9.69 Å². The van der Waals surface area contributed by atoms with E-state index in [1.807, 2.05) is 24.3 Å². The first-order valence-corrected chi connectivity index (χ1v) is 9.35. The second kappa shape index (κ2) is 8.19. The standard InChI is InChI=1S/C20H30N2O3/c1-15-12-21(13-16(2)25-15)14-18-5-4-10-22(18)20(23)11-17-6-8-19(24-3)9-7-17/h6-9,15-16,18H,4-5,10-14H2,1-3H3. The highest BCUT2D eigenvalue weighted by Gasteiger charge is 2.32. The highest BCUT2D eigenvalue weighted by atomic mass is 16.5. The van der Waals surface area contributed by atoms with E-state index >= 15 is 0 Å². The molecule has 1 aromatic rings. The second-order valence-corrected chi connectivity index (χ2v) is 7.38. The molecule has 3 unspecified atom stereocenters. The number of morpholine rings is 1. The van der Waals surface area contributed by atoms with Crippen LogP contribution < -0.4 is 4.74 Å². The zero-order valence-electron chi connectivity index (χ0n) is 15.6. The lowest BCUT2D eigenvalue weighted by Crippen LogP contribution is -2.51. The molecule has 0 bridgehead atoms. The van der Waals surface area contributed by atoms with E-state index in [9.17, 15) is 4.79 Å². The lowest BCUT2D eigenvalue weighted by molar-refractivity contribution is -0.132. The third-order valence-electron chi connectivity index (χ3n) is 5.18. The van der Waals surface area contributed by atoms with E-state index in [-0.39, 0.29) is 18.1 Å². The van der Waals surface area contributed by atoms with Crippen LogP contribution in [0.25, 0.3) is 0 Å². The molecule has 0 aliphatic carbocycles. The van der Waals surface area contributed by atoms with Gasteiger partial charge in [-0.15, -0.1) is 0 Å². The van der Waals surface area contributed by atoms with Crippen molar-refractivity contribution in [3.8, 4) is 5.75 Å². The van der Waals surface area contributed by atoms with Gasteiger partial charge < -0.3 is 14.4 Å². The lowest BCUT2D eigenvalue weighted by atomic mass is 10.1. The van der Waals surface area contributed by atoms with Gasteiger partial charge in [0.1, 0.15) is 5.75 Å². The van der Waals surface area contributed by atoms with Crippen molar-refractivity contribution in [2.45, 2.75) is 51.4 Å². The van der Waals surface area contributed by atoms with E-state index in [2.05, 4.69) is 23.6 Å². The summed E-state index contributed by atoms with van der Waals surface area (Å²) in [7, 11) is 1.66. The highest BCUT2D eigenvalue weighted by Crippen LogP contribution is 2.22. The Balaban J connectivity index is 1.57. The van der Waals surface area contributed by atoms with Gasteiger partial charge in [0, 0.05) is 32.2 Å². The van der Waals surface area contributed by atoms with Gasteiger partial charge in [-0.1, -0.05) is 12.1 Å². The van der Waals surface area contributed by atoms with Crippen molar-refractivity contribution in [3.63, 3.8) is 0 Å². The van der Waals surface area contributed by atoms with Crippen LogP contribution in [-0.2, 0) is 16.0 Å². The van der Waals surface area contributed by atoms with E-state index < -0.39 is 0 Å². The molecule has 0 radical (unpaired) electrons. The molecule has 2 aliphatic rings. The third-order valence-corrected chi connectivity index (χ3v) is 5.18. The number of amides is 1. The summed E-state index contributed by atoms with van der Waals surface area (Å²) in [5, 5.41) is 0. The first-order valence-electron chi connectivity index (χ1n) is 9.35. The van der Waals surface area contributed by atoms with Gasteiger partial charge in [-0.2, -0.15) is 0 Å². The fourth-order valence-corrected chi connectivity index (χ4v) is 4.10. The molecule has 5 nitrogen and oxygen atoms in total. The van der Waals surface area contributed by atoms with E-state index in [0.29, 0.717) is 12.5 Å². The number of carbonyl (C=O) groups excluding carboxylic acids is 1. The number of methoxy groups -OCH3 is 1. The summed E-state index contributed by atoms with van der Waals surface area (Å²) in [6.45, 7) is 8.03. The van der Waals surface area contributed by atoms with Crippen LogP contribution in [0.3, 0.4) is 0 Å². The van der Waals surface area contributed by atoms with Crippen molar-refractivity contribution in [3.05, 3.63) is 29.8 Å². The molecule has 0 aromatic heterocycles. The number of likely N-dealkylation sites (tertiary alicyclic amines) is 1. The molecule has 1 aromatic carbocycles. The molecular formula is C20H30N2O3. The predicted molar refractivity (Wildman–Crippen MR) is 97.9 cm³/mol. The van der Waals surface area contributed by atoms with Crippen LogP contribution in [0.15, 0.2) is 24.3 Å². The summed E-state index contributed by atoms with van der Waals surface area (Å²) in [5.41, 5.74) is 1.05. The minimum atomic E-state index is 0.238. The minimum absolute atomic E-state index is 0.238. The van der Waals surface area contributed by atoms with Crippen molar-refractivity contribution < 1.29 is 14.3 Å². The summed E-state index contributed by atoms with van der Waals surface area (Å²) in [6, 6.07) is 8.13. The number of carbonyl (C=O) groups is 1. The monoisotopic (exact) mass is 346 g/mol. The molecule has 2 aliphatic heterocycles. The van der Waals surface area contributed by atoms with Crippen molar-refractivity contribution in [1.82, 2.24) is 9.80 Å². The Hall–Kier alpha value is -1.59. The number of hydrogen-bond donors (Lipinski definition) is 0. The van der Waals surface area contributed by atoms with Gasteiger partial charge in [-0.05, 0) is 44.4 Å². The van der Waals surface area contributed by atoms with Gasteiger partial charge in [0.2, 0.25) is 5.91 Å². The predicted octanol–water partition coefficient (Wildman–Crippen LogP) is 2.34. The van der Waals surface area contributed by atoms with Gasteiger partial charge >= 0.3 is 0 Å². The van der Waals surface area contributed by atoms with E-state index in [4.69, 9.17) is 9.47 Å². The van der Waals surface area contributed by atoms with Gasteiger partial charge in [0.25, 0.3) is 0 Å². The summed E-state index contributed by atoms with van der Waals surface area (Å²) in [5.74, 6) is 1.06. The maximum Gasteiger partial charge on any atom is 0.227 e. The van der Waals surface area contributed by atoms with Gasteiger partial charge in [0.05, 0.1) is 25.7 Å². The molecule has 5 heteroatoms. The molecule has 138 valence electrons. The average molecular weight is 346 g/mol. The Kier molecular flexibility index (Phi) is 5.97. The van der Waals surface area contributed by atoms with Crippen molar-refractivity contribution in [2.75, 3.05) is 33.3 Å². The van der Waals surface area contributed by atoms with Crippen LogP contribution in [0.5, 0.6) is 5.75 Å². The Bertz CT molecular complexity index is 565. The number of nitrogens with zero attached hydrogens (tertiary/aromatic N) is 2. The van der Waals surface area contributed by atoms with Crippen LogP contribution >= 0.6 is 0 Å². The zero-order valence-corrected chi connectivity index (χ0v) is 15.6. The number of rotatable bonds is 5. The van der Waals surface area contributed by atoms with E-state index in [1.165, 1.54) is 0 Å². The Morgan fingerprint density at radius 3 is 2.52 bits per heavy atom. The maximum absolute atomic E-state index is 12.8. The number of ether oxygens (including phenoxy) is 2. The van der Waals surface area contributed by atoms with Crippen molar-refractivity contribution >= 4 is 5.91 Å². The maximum atomic E-state index is 12.8. The molecule has 0 spiro atoms. The molecule has 1 amide bonds. The first kappa shape index (κ1) is 18.2. The summed E-state index contributed by atoms with van der Waals surface area (Å²) in [6.07, 6.45) is 3.22. The summed E-state index contributed by atoms with van der Waals surface area (Å²) in [4.78, 5) is 17.4. The average Bonchev–Trinajstić information content (AvgIpc) is 3.03. The summed E-state index contributed by atoms with van der Waals surface area (Å²) < 4.78 is 11.0. The Morgan fingerprint density at radius 1 is 1.20 bits per heavy atom. The molecule has 2 heterocycles. The van der Waals surface area contributed by atoms with Crippen LogP contribution in [0, 0.1) is 0 Å². The Labute approximate surface area is 150 Å². The summed E-state index contributed by atoms with van der Waals surface area (Å²) >= 11 is 0. The van der Waals surface area contributed by atoms with Crippen LogP contribution in [0.2, 0.25) is 0 Å². The minimum Gasteiger partial charge on any atom is -0.497 e. The normalized spacial score (nSPS) is 27.5. The largest absolute Gasteiger partial charge is 0.497 e. The van der Waals surface area contributed by atoms with E-state index in [1.54, 1.807) is 7.11 Å². The van der Waals surface area contributed by atoms with Crippen molar-refractivity contribution in [1.29, 1.82) is 0 Å². The quantitative estimate of drug-likeness (QED) is 0.821. The molecule has 0 N–H and O–H groups in total. The third kappa shape index (κ3) is 4.73. The fraction of sp³-hybridized carbons (Fsp3) is 0.650. The van der Waals surface area contributed by atoms with Gasteiger partial charge in [-0.25, -0.2) is 0 Å². The Morgan fingerprint density at radius 2 is 1.88 bits per heavy atom. The SMILES string of the molecule is COc1ccc(CC(=O)N2CCCC2CN2CC(C)OC(C)C2)cc1. The highest BCUT2D eigenvalue weighted by molar-refractivity contribution is 5.79. The smallest absolute Gasteiger partial charge is 0.227 e. The van der Waals surface area contributed by atoms with Gasteiger partial charge in [0.15, 0.2) is 0 Å². The molecule has 2 fully saturated rings. The molecule has 3 atom stereocenters. The number of benzene rings is 1. The first-order chi connectivity index (χ1) is 12.0.